The summed E-state index contributed by atoms with van der Waals surface area (Å²) in [6.07, 6.45) is 0. The lowest BCUT2D eigenvalue weighted by Gasteiger charge is -2.31. The number of nitrogens with one attached hydrogen (secondary N) is 1. The summed E-state index contributed by atoms with van der Waals surface area (Å²) < 4.78 is 4.72. The van der Waals surface area contributed by atoms with Crippen LogP contribution in [0.3, 0.4) is 0 Å². The Morgan fingerprint density at radius 2 is 2.38 bits per heavy atom. The van der Waals surface area contributed by atoms with Crippen LogP contribution >= 0.6 is 0 Å². The molecule has 2 rings (SSSR count). The molecule has 16 heavy (non-hydrogen) atoms. The lowest BCUT2D eigenvalue weighted by molar-refractivity contribution is 0.0601. The van der Waals surface area contributed by atoms with Gasteiger partial charge in [-0.2, -0.15) is 0 Å². The molecule has 0 atom stereocenters. The standard InChI is InChI=1S/C12H16N2O2/c1-3-14-7-6-13-10-5-4-9(8-11(10)14)12(15)16-2/h4-5,8,13H,3,6-7H2,1-2H3. The zero-order chi connectivity index (χ0) is 11.5. The first-order valence-corrected chi connectivity index (χ1v) is 5.47. The minimum atomic E-state index is -0.288. The molecule has 0 spiro atoms. The molecule has 0 saturated carbocycles. The molecule has 0 amide bonds. The van der Waals surface area contributed by atoms with Crippen LogP contribution in [0.1, 0.15) is 17.3 Å². The monoisotopic (exact) mass is 220 g/mol. The van der Waals surface area contributed by atoms with E-state index in [1.165, 1.54) is 7.11 Å². The van der Waals surface area contributed by atoms with E-state index in [4.69, 9.17) is 4.74 Å². The molecule has 0 fully saturated rings. The Hall–Kier alpha value is -1.71. The first kappa shape index (κ1) is 10.8. The molecule has 0 bridgehead atoms. The normalized spacial score (nSPS) is 14.0. The Balaban J connectivity index is 2.38. The summed E-state index contributed by atoms with van der Waals surface area (Å²) in [6, 6.07) is 5.61. The van der Waals surface area contributed by atoms with E-state index >= 15 is 0 Å². The molecule has 4 nitrogen and oxygen atoms in total. The number of hydrogen-bond acceptors (Lipinski definition) is 4. The average Bonchev–Trinajstić information content (AvgIpc) is 2.36. The molecule has 1 aliphatic heterocycles. The van der Waals surface area contributed by atoms with Gasteiger partial charge in [-0.1, -0.05) is 0 Å². The van der Waals surface area contributed by atoms with Gasteiger partial charge in [0.1, 0.15) is 0 Å². The van der Waals surface area contributed by atoms with Crippen LogP contribution in [0.2, 0.25) is 0 Å². The smallest absolute Gasteiger partial charge is 0.337 e. The highest BCUT2D eigenvalue weighted by atomic mass is 16.5. The SMILES string of the molecule is CCN1CCNc2ccc(C(=O)OC)cc21. The fourth-order valence-corrected chi connectivity index (χ4v) is 1.96. The summed E-state index contributed by atoms with van der Waals surface area (Å²) in [5.74, 6) is -0.288. The number of anilines is 2. The van der Waals surface area contributed by atoms with E-state index in [-0.39, 0.29) is 5.97 Å². The molecule has 0 aromatic heterocycles. The van der Waals surface area contributed by atoms with Crippen LogP contribution in [0.4, 0.5) is 11.4 Å². The number of fused-ring (bicyclic) bond motifs is 1. The Morgan fingerprint density at radius 1 is 1.56 bits per heavy atom. The number of nitrogens with zero attached hydrogens (tertiary/aromatic N) is 1. The van der Waals surface area contributed by atoms with Gasteiger partial charge in [-0.05, 0) is 25.1 Å². The molecule has 1 heterocycles. The highest BCUT2D eigenvalue weighted by Gasteiger charge is 2.17. The van der Waals surface area contributed by atoms with Crippen LogP contribution in [0.15, 0.2) is 18.2 Å². The molecular formula is C12H16N2O2. The van der Waals surface area contributed by atoms with Gasteiger partial charge in [0.2, 0.25) is 0 Å². The van der Waals surface area contributed by atoms with Crippen LogP contribution in [0.25, 0.3) is 0 Å². The Bertz CT molecular complexity index is 404. The minimum Gasteiger partial charge on any atom is -0.465 e. The third-order valence-corrected chi connectivity index (χ3v) is 2.84. The molecule has 0 saturated heterocycles. The van der Waals surface area contributed by atoms with Crippen molar-refractivity contribution in [1.29, 1.82) is 0 Å². The molecule has 1 aromatic rings. The molecule has 1 aromatic carbocycles. The zero-order valence-corrected chi connectivity index (χ0v) is 9.62. The molecule has 86 valence electrons. The molecule has 0 unspecified atom stereocenters. The topological polar surface area (TPSA) is 41.6 Å². The van der Waals surface area contributed by atoms with E-state index in [1.54, 1.807) is 6.07 Å². The molecule has 0 aliphatic carbocycles. The second-order valence-electron chi connectivity index (χ2n) is 3.73. The second-order valence-corrected chi connectivity index (χ2v) is 3.73. The van der Waals surface area contributed by atoms with Gasteiger partial charge in [-0.3, -0.25) is 0 Å². The fourth-order valence-electron chi connectivity index (χ4n) is 1.96. The average molecular weight is 220 g/mol. The van der Waals surface area contributed by atoms with E-state index in [1.807, 2.05) is 12.1 Å². The number of hydrogen-bond donors (Lipinski definition) is 1. The predicted octanol–water partition coefficient (Wildman–Crippen LogP) is 1.72. The lowest BCUT2D eigenvalue weighted by Crippen LogP contribution is -2.33. The van der Waals surface area contributed by atoms with Gasteiger partial charge in [0.25, 0.3) is 0 Å². The van der Waals surface area contributed by atoms with Crippen molar-refractivity contribution in [1.82, 2.24) is 0 Å². The summed E-state index contributed by atoms with van der Waals surface area (Å²) in [5.41, 5.74) is 2.76. The number of carbonyl (C=O) groups excluding carboxylic acids is 1. The number of esters is 1. The summed E-state index contributed by atoms with van der Waals surface area (Å²) in [4.78, 5) is 13.7. The van der Waals surface area contributed by atoms with E-state index in [0.717, 1.165) is 31.0 Å². The second kappa shape index (κ2) is 4.43. The van der Waals surface area contributed by atoms with Crippen molar-refractivity contribution in [3.05, 3.63) is 23.8 Å². The fraction of sp³-hybridized carbons (Fsp3) is 0.417. The van der Waals surface area contributed by atoms with Gasteiger partial charge >= 0.3 is 5.97 Å². The van der Waals surface area contributed by atoms with E-state index in [9.17, 15) is 4.79 Å². The van der Waals surface area contributed by atoms with Crippen LogP contribution in [-0.4, -0.2) is 32.7 Å². The Kier molecular flexibility index (Phi) is 2.99. The van der Waals surface area contributed by atoms with Crippen LogP contribution in [0.5, 0.6) is 0 Å². The minimum absolute atomic E-state index is 0.288. The Labute approximate surface area is 95.2 Å². The number of benzene rings is 1. The third kappa shape index (κ3) is 1.83. The molecular weight excluding hydrogens is 204 g/mol. The van der Waals surface area contributed by atoms with Crippen LogP contribution < -0.4 is 10.2 Å². The third-order valence-electron chi connectivity index (χ3n) is 2.84. The predicted molar refractivity (Wildman–Crippen MR) is 64.2 cm³/mol. The van der Waals surface area contributed by atoms with Crippen LogP contribution in [-0.2, 0) is 4.74 Å². The summed E-state index contributed by atoms with van der Waals surface area (Å²) in [6.45, 7) is 4.96. The highest BCUT2D eigenvalue weighted by molar-refractivity contribution is 5.92. The van der Waals surface area contributed by atoms with Gasteiger partial charge in [0.05, 0.1) is 24.0 Å². The van der Waals surface area contributed by atoms with Gasteiger partial charge in [-0.15, -0.1) is 0 Å². The van der Waals surface area contributed by atoms with Gasteiger partial charge in [-0.25, -0.2) is 4.79 Å². The van der Waals surface area contributed by atoms with E-state index in [0.29, 0.717) is 5.56 Å². The number of rotatable bonds is 2. The first-order chi connectivity index (χ1) is 7.76. The number of ether oxygens (including phenoxy) is 1. The van der Waals surface area contributed by atoms with E-state index in [2.05, 4.69) is 17.1 Å². The maximum atomic E-state index is 11.4. The molecule has 4 heteroatoms. The lowest BCUT2D eigenvalue weighted by atomic mass is 10.1. The Morgan fingerprint density at radius 3 is 3.06 bits per heavy atom. The summed E-state index contributed by atoms with van der Waals surface area (Å²) >= 11 is 0. The van der Waals surface area contributed by atoms with Crippen molar-refractivity contribution in [2.75, 3.05) is 37.0 Å². The van der Waals surface area contributed by atoms with Crippen LogP contribution in [0, 0.1) is 0 Å². The largest absolute Gasteiger partial charge is 0.465 e. The maximum absolute atomic E-state index is 11.4. The zero-order valence-electron chi connectivity index (χ0n) is 9.62. The number of carbonyl (C=O) groups is 1. The van der Waals surface area contributed by atoms with Crippen molar-refractivity contribution < 1.29 is 9.53 Å². The molecule has 0 radical (unpaired) electrons. The molecule has 1 N–H and O–H groups in total. The van der Waals surface area contributed by atoms with Gasteiger partial charge in [0.15, 0.2) is 0 Å². The van der Waals surface area contributed by atoms with Gasteiger partial charge < -0.3 is 15.0 Å². The van der Waals surface area contributed by atoms with Crippen molar-refractivity contribution in [3.8, 4) is 0 Å². The summed E-state index contributed by atoms with van der Waals surface area (Å²) in [7, 11) is 1.40. The number of methoxy groups -OCH3 is 1. The quantitative estimate of drug-likeness (QED) is 0.771. The van der Waals surface area contributed by atoms with Crippen molar-refractivity contribution >= 4 is 17.3 Å². The number of likely N-dealkylation sites (N-methyl/N-ethyl adjacent to an activating group) is 1. The van der Waals surface area contributed by atoms with E-state index < -0.39 is 0 Å². The van der Waals surface area contributed by atoms with Crippen molar-refractivity contribution in [2.45, 2.75) is 6.92 Å². The first-order valence-electron chi connectivity index (χ1n) is 5.47. The van der Waals surface area contributed by atoms with Crippen molar-refractivity contribution in [2.24, 2.45) is 0 Å². The highest BCUT2D eigenvalue weighted by Crippen LogP contribution is 2.29. The maximum Gasteiger partial charge on any atom is 0.337 e. The molecule has 1 aliphatic rings. The van der Waals surface area contributed by atoms with Gasteiger partial charge in [0, 0.05) is 19.6 Å². The van der Waals surface area contributed by atoms with Crippen molar-refractivity contribution in [3.63, 3.8) is 0 Å². The summed E-state index contributed by atoms with van der Waals surface area (Å²) in [5, 5.41) is 3.32.